The topological polar surface area (TPSA) is 116 Å². The van der Waals surface area contributed by atoms with Crippen molar-refractivity contribution in [2.45, 2.75) is 11.8 Å². The molecule has 0 aliphatic heterocycles. The van der Waals surface area contributed by atoms with Crippen LogP contribution in [0.1, 0.15) is 6.92 Å². The number of nitrogens with one attached hydrogen (secondary N) is 2. The van der Waals surface area contributed by atoms with Crippen molar-refractivity contribution in [3.05, 3.63) is 30.3 Å². The van der Waals surface area contributed by atoms with Crippen molar-refractivity contribution < 1.29 is 27.4 Å². The number of sulfonamides is 1. The summed E-state index contributed by atoms with van der Waals surface area (Å²) in [7, 11) is 0.294. The summed E-state index contributed by atoms with van der Waals surface area (Å²) in [6.07, 6.45) is 0. The molecule has 0 fully saturated rings. The van der Waals surface area contributed by atoms with Gasteiger partial charge in [0.15, 0.2) is 5.13 Å². The van der Waals surface area contributed by atoms with E-state index in [0.29, 0.717) is 26.8 Å². The quantitative estimate of drug-likeness (QED) is 0.583. The molecule has 0 aliphatic carbocycles. The highest BCUT2D eigenvalue weighted by Crippen LogP contribution is 2.37. The summed E-state index contributed by atoms with van der Waals surface area (Å²) >= 11 is 1.20. The maximum Gasteiger partial charge on any atom is 0.265 e. The van der Waals surface area contributed by atoms with Crippen LogP contribution >= 0.6 is 11.3 Å². The minimum atomic E-state index is -3.99. The molecule has 11 heteroatoms. The SMILES string of the molecule is COc1ccc(OC)c(S(=O)(=O)Nc2cc(OC)c3nc(NC(C)=O)sc3c2)c1. The van der Waals surface area contributed by atoms with E-state index in [1.807, 2.05) is 0 Å². The number of methoxy groups -OCH3 is 3. The van der Waals surface area contributed by atoms with Crippen LogP contribution in [-0.2, 0) is 14.8 Å². The average Bonchev–Trinajstić information content (AvgIpc) is 3.07. The first-order valence-corrected chi connectivity index (χ1v) is 10.6. The molecule has 2 aromatic carbocycles. The standard InChI is InChI=1S/C18H19N3O6S2/c1-10(22)19-18-20-17-14(27-4)7-11(8-15(17)28-18)21-29(23,24)16-9-12(25-2)5-6-13(16)26-3/h5-9,21H,1-4H3,(H,19,20,22). The molecular formula is C18H19N3O6S2. The Kier molecular flexibility index (Phi) is 5.80. The second-order valence-corrected chi connectivity index (χ2v) is 8.53. The minimum absolute atomic E-state index is 0.0679. The van der Waals surface area contributed by atoms with Gasteiger partial charge in [0.1, 0.15) is 27.7 Å². The van der Waals surface area contributed by atoms with E-state index < -0.39 is 10.0 Å². The summed E-state index contributed by atoms with van der Waals surface area (Å²) in [6.45, 7) is 1.38. The second-order valence-electron chi connectivity index (χ2n) is 5.85. The molecule has 1 aromatic heterocycles. The molecule has 3 rings (SSSR count). The number of carbonyl (C=O) groups is 1. The van der Waals surface area contributed by atoms with Gasteiger partial charge in [-0.2, -0.15) is 0 Å². The van der Waals surface area contributed by atoms with E-state index >= 15 is 0 Å². The predicted octanol–water partition coefficient (Wildman–Crippen LogP) is 3.08. The summed E-state index contributed by atoms with van der Waals surface area (Å²) in [5.74, 6) is 0.665. The molecule has 0 radical (unpaired) electrons. The lowest BCUT2D eigenvalue weighted by Crippen LogP contribution is -2.14. The van der Waals surface area contributed by atoms with Gasteiger partial charge in [0.05, 0.1) is 31.7 Å². The van der Waals surface area contributed by atoms with Crippen LogP contribution in [0.4, 0.5) is 10.8 Å². The third-order valence-corrected chi connectivity index (χ3v) is 6.20. The van der Waals surface area contributed by atoms with Crippen molar-refractivity contribution in [2.24, 2.45) is 0 Å². The number of ether oxygens (including phenoxy) is 3. The Balaban J connectivity index is 2.04. The van der Waals surface area contributed by atoms with E-state index in [1.54, 1.807) is 12.1 Å². The Morgan fingerprint density at radius 1 is 1.03 bits per heavy atom. The molecule has 0 saturated heterocycles. The van der Waals surface area contributed by atoms with Crippen LogP contribution in [0.25, 0.3) is 10.2 Å². The van der Waals surface area contributed by atoms with Gasteiger partial charge in [-0.05, 0) is 18.2 Å². The van der Waals surface area contributed by atoms with E-state index in [0.717, 1.165) is 0 Å². The number of nitrogens with zero attached hydrogens (tertiary/aromatic N) is 1. The van der Waals surface area contributed by atoms with E-state index in [1.165, 1.54) is 57.8 Å². The van der Waals surface area contributed by atoms with Crippen molar-refractivity contribution in [1.29, 1.82) is 0 Å². The van der Waals surface area contributed by atoms with Crippen LogP contribution in [0.3, 0.4) is 0 Å². The summed E-state index contributed by atoms with van der Waals surface area (Å²) in [5.41, 5.74) is 0.792. The third kappa shape index (κ3) is 4.35. The van der Waals surface area contributed by atoms with Crippen molar-refractivity contribution in [3.63, 3.8) is 0 Å². The fraction of sp³-hybridized carbons (Fsp3) is 0.222. The normalized spacial score (nSPS) is 11.2. The molecule has 154 valence electrons. The van der Waals surface area contributed by atoms with Crippen LogP contribution in [0.2, 0.25) is 0 Å². The van der Waals surface area contributed by atoms with Crippen LogP contribution in [0.5, 0.6) is 17.2 Å². The van der Waals surface area contributed by atoms with Crippen molar-refractivity contribution in [2.75, 3.05) is 31.4 Å². The smallest absolute Gasteiger partial charge is 0.265 e. The number of hydrogen-bond donors (Lipinski definition) is 2. The van der Waals surface area contributed by atoms with E-state index in [2.05, 4.69) is 15.0 Å². The second kappa shape index (κ2) is 8.13. The predicted molar refractivity (Wildman–Crippen MR) is 111 cm³/mol. The fourth-order valence-electron chi connectivity index (χ4n) is 2.62. The maximum absolute atomic E-state index is 13.0. The molecule has 0 saturated carbocycles. The van der Waals surface area contributed by atoms with Gasteiger partial charge in [0.25, 0.3) is 10.0 Å². The number of benzene rings is 2. The lowest BCUT2D eigenvalue weighted by molar-refractivity contribution is -0.114. The average molecular weight is 437 g/mol. The third-order valence-electron chi connectivity index (χ3n) is 3.88. The first kappa shape index (κ1) is 20.7. The Morgan fingerprint density at radius 3 is 2.38 bits per heavy atom. The fourth-order valence-corrected chi connectivity index (χ4v) is 4.82. The lowest BCUT2D eigenvalue weighted by atomic mass is 10.3. The molecule has 29 heavy (non-hydrogen) atoms. The Labute approximate surface area is 171 Å². The van der Waals surface area contributed by atoms with E-state index in [-0.39, 0.29) is 22.2 Å². The molecule has 1 amide bonds. The Hall–Kier alpha value is -3.05. The van der Waals surface area contributed by atoms with Gasteiger partial charge < -0.3 is 19.5 Å². The first-order chi connectivity index (χ1) is 13.8. The summed E-state index contributed by atoms with van der Waals surface area (Å²) in [5, 5.41) is 3.00. The largest absolute Gasteiger partial charge is 0.497 e. The molecule has 0 aliphatic rings. The van der Waals surface area contributed by atoms with Crippen LogP contribution < -0.4 is 24.2 Å². The van der Waals surface area contributed by atoms with Gasteiger partial charge in [-0.3, -0.25) is 9.52 Å². The Morgan fingerprint density at radius 2 is 1.76 bits per heavy atom. The number of rotatable bonds is 7. The van der Waals surface area contributed by atoms with Gasteiger partial charge in [0, 0.05) is 19.1 Å². The molecule has 0 spiro atoms. The molecule has 0 atom stereocenters. The van der Waals surface area contributed by atoms with Crippen LogP contribution in [0, 0.1) is 0 Å². The summed E-state index contributed by atoms with van der Waals surface area (Å²) < 4.78 is 44.8. The van der Waals surface area contributed by atoms with Crippen molar-refractivity contribution >= 4 is 48.3 Å². The first-order valence-electron chi connectivity index (χ1n) is 8.28. The number of hydrogen-bond acceptors (Lipinski definition) is 8. The number of carbonyl (C=O) groups excluding carboxylic acids is 1. The van der Waals surface area contributed by atoms with Gasteiger partial charge in [-0.25, -0.2) is 13.4 Å². The number of thiazole rings is 1. The van der Waals surface area contributed by atoms with Crippen molar-refractivity contribution in [1.82, 2.24) is 4.98 Å². The van der Waals surface area contributed by atoms with Gasteiger partial charge in [-0.1, -0.05) is 11.3 Å². The number of amides is 1. The number of fused-ring (bicyclic) bond motifs is 1. The molecule has 1 heterocycles. The van der Waals surface area contributed by atoms with Gasteiger partial charge in [0.2, 0.25) is 5.91 Å². The molecule has 2 N–H and O–H groups in total. The monoisotopic (exact) mass is 437 g/mol. The zero-order valence-electron chi connectivity index (χ0n) is 16.1. The molecule has 0 bridgehead atoms. The highest BCUT2D eigenvalue weighted by atomic mass is 32.2. The number of anilines is 2. The van der Waals surface area contributed by atoms with E-state index in [4.69, 9.17) is 14.2 Å². The van der Waals surface area contributed by atoms with Gasteiger partial charge >= 0.3 is 0 Å². The lowest BCUT2D eigenvalue weighted by Gasteiger charge is -2.13. The molecule has 0 unspecified atom stereocenters. The highest BCUT2D eigenvalue weighted by Gasteiger charge is 2.22. The summed E-state index contributed by atoms with van der Waals surface area (Å²) in [4.78, 5) is 15.5. The van der Waals surface area contributed by atoms with Crippen LogP contribution in [-0.4, -0.2) is 40.6 Å². The van der Waals surface area contributed by atoms with Crippen molar-refractivity contribution in [3.8, 4) is 17.2 Å². The molecule has 3 aromatic rings. The maximum atomic E-state index is 13.0. The summed E-state index contributed by atoms with van der Waals surface area (Å²) in [6, 6.07) is 7.63. The van der Waals surface area contributed by atoms with Gasteiger partial charge in [-0.15, -0.1) is 0 Å². The van der Waals surface area contributed by atoms with Crippen LogP contribution in [0.15, 0.2) is 35.2 Å². The zero-order chi connectivity index (χ0) is 21.2. The molecular weight excluding hydrogens is 418 g/mol. The number of aromatic nitrogens is 1. The molecule has 9 nitrogen and oxygen atoms in total. The Bertz CT molecular complexity index is 1170. The minimum Gasteiger partial charge on any atom is -0.497 e. The zero-order valence-corrected chi connectivity index (χ0v) is 17.7. The highest BCUT2D eigenvalue weighted by molar-refractivity contribution is 7.92. The van der Waals surface area contributed by atoms with E-state index in [9.17, 15) is 13.2 Å².